The van der Waals surface area contributed by atoms with Gasteiger partial charge in [0.25, 0.3) is 5.91 Å². The quantitative estimate of drug-likeness (QED) is 0.581. The molecule has 1 aliphatic rings. The minimum absolute atomic E-state index is 0.0808. The molecule has 0 saturated carbocycles. The van der Waals surface area contributed by atoms with Crippen molar-refractivity contribution in [3.05, 3.63) is 76.1 Å². The Morgan fingerprint density at radius 1 is 1.16 bits per heavy atom. The number of carbonyl (C=O) groups excluding carboxylic acids is 1. The molecular formula is C23H25ClN4O3. The van der Waals surface area contributed by atoms with Crippen LogP contribution in [0.3, 0.4) is 0 Å². The van der Waals surface area contributed by atoms with Gasteiger partial charge in [-0.25, -0.2) is 9.97 Å². The first-order valence-corrected chi connectivity index (χ1v) is 10.6. The summed E-state index contributed by atoms with van der Waals surface area (Å²) in [6, 6.07) is 11.2. The molecule has 8 heteroatoms. The molecule has 4 rings (SSSR count). The number of anilines is 1. The van der Waals surface area contributed by atoms with Gasteiger partial charge in [-0.1, -0.05) is 23.7 Å². The van der Waals surface area contributed by atoms with Crippen LogP contribution in [0.25, 0.3) is 0 Å². The Morgan fingerprint density at radius 2 is 1.97 bits per heavy atom. The van der Waals surface area contributed by atoms with Crippen LogP contribution in [0.15, 0.2) is 47.1 Å². The minimum Gasteiger partial charge on any atom is -0.459 e. The number of ether oxygens (including phenoxy) is 1. The van der Waals surface area contributed by atoms with Gasteiger partial charge in [-0.2, -0.15) is 0 Å². The Balaban J connectivity index is 1.59. The molecular weight excluding hydrogens is 416 g/mol. The second kappa shape index (κ2) is 9.49. The average Bonchev–Trinajstić information content (AvgIpc) is 3.30. The fraction of sp³-hybridized carbons (Fsp3) is 0.348. The number of amides is 1. The number of aromatic nitrogens is 2. The summed E-state index contributed by atoms with van der Waals surface area (Å²) >= 11 is 6.20. The van der Waals surface area contributed by atoms with E-state index in [0.29, 0.717) is 55.8 Å². The minimum atomic E-state index is -0.0808. The van der Waals surface area contributed by atoms with Gasteiger partial charge in [0, 0.05) is 50.3 Å². The van der Waals surface area contributed by atoms with Crippen LogP contribution in [0.5, 0.6) is 0 Å². The van der Waals surface area contributed by atoms with Gasteiger partial charge in [-0.15, -0.1) is 0 Å². The third-order valence-corrected chi connectivity index (χ3v) is 5.57. The zero-order chi connectivity index (χ0) is 21.8. The van der Waals surface area contributed by atoms with E-state index < -0.39 is 0 Å². The van der Waals surface area contributed by atoms with E-state index in [0.717, 1.165) is 22.6 Å². The topological polar surface area (TPSA) is 71.7 Å². The summed E-state index contributed by atoms with van der Waals surface area (Å²) < 4.78 is 10.7. The summed E-state index contributed by atoms with van der Waals surface area (Å²) in [6.07, 6.45) is 2.17. The fourth-order valence-corrected chi connectivity index (χ4v) is 4.08. The highest BCUT2D eigenvalue weighted by molar-refractivity contribution is 6.30. The van der Waals surface area contributed by atoms with Crippen LogP contribution in [0.1, 0.15) is 33.2 Å². The van der Waals surface area contributed by atoms with E-state index in [1.807, 2.05) is 36.1 Å². The van der Waals surface area contributed by atoms with E-state index in [1.165, 1.54) is 6.26 Å². The second-order valence-electron chi connectivity index (χ2n) is 7.52. The molecule has 1 aliphatic heterocycles. The van der Waals surface area contributed by atoms with Crippen molar-refractivity contribution < 1.29 is 13.9 Å². The van der Waals surface area contributed by atoms with Crippen molar-refractivity contribution in [2.24, 2.45) is 0 Å². The zero-order valence-electron chi connectivity index (χ0n) is 17.7. The molecule has 0 bridgehead atoms. The first-order chi connectivity index (χ1) is 15.0. The molecule has 1 fully saturated rings. The Hall–Kier alpha value is -2.90. The predicted octanol–water partition coefficient (Wildman–Crippen LogP) is 3.73. The first kappa shape index (κ1) is 21.3. The number of methoxy groups -OCH3 is 1. The summed E-state index contributed by atoms with van der Waals surface area (Å²) in [5.41, 5.74) is 2.99. The van der Waals surface area contributed by atoms with Gasteiger partial charge in [0.15, 0.2) is 5.76 Å². The van der Waals surface area contributed by atoms with Gasteiger partial charge in [-0.05, 0) is 36.8 Å². The molecule has 31 heavy (non-hydrogen) atoms. The van der Waals surface area contributed by atoms with Crippen LogP contribution in [0.4, 0.5) is 5.82 Å². The third-order valence-electron chi connectivity index (χ3n) is 5.33. The third kappa shape index (κ3) is 4.89. The lowest BCUT2D eigenvalue weighted by Crippen LogP contribution is -2.49. The van der Waals surface area contributed by atoms with E-state index in [2.05, 4.69) is 9.88 Å². The molecule has 1 amide bonds. The summed E-state index contributed by atoms with van der Waals surface area (Å²) in [6.45, 7) is 4.85. The number of hydrogen-bond donors (Lipinski definition) is 0. The van der Waals surface area contributed by atoms with Gasteiger partial charge in [0.05, 0.1) is 18.6 Å². The summed E-state index contributed by atoms with van der Waals surface area (Å²) in [5.74, 6) is 1.88. The van der Waals surface area contributed by atoms with Crippen LogP contribution in [0.2, 0.25) is 5.02 Å². The molecule has 0 spiro atoms. The number of hydrogen-bond acceptors (Lipinski definition) is 6. The SMILES string of the molecule is COCc1nc(C)nc(N2CCN(C(=O)c3ccco3)CC2)c1Cc1cccc(Cl)c1. The zero-order valence-corrected chi connectivity index (χ0v) is 18.4. The van der Waals surface area contributed by atoms with Gasteiger partial charge < -0.3 is 19.0 Å². The van der Waals surface area contributed by atoms with Crippen LogP contribution >= 0.6 is 11.6 Å². The highest BCUT2D eigenvalue weighted by Crippen LogP contribution is 2.27. The number of halogens is 1. The number of rotatable bonds is 6. The highest BCUT2D eigenvalue weighted by Gasteiger charge is 2.27. The number of carbonyl (C=O) groups is 1. The molecule has 0 radical (unpaired) electrons. The van der Waals surface area contributed by atoms with Crippen molar-refractivity contribution in [1.82, 2.24) is 14.9 Å². The van der Waals surface area contributed by atoms with Gasteiger partial charge in [0.1, 0.15) is 11.6 Å². The van der Waals surface area contributed by atoms with Crippen LogP contribution in [-0.4, -0.2) is 54.1 Å². The molecule has 0 N–H and O–H groups in total. The lowest BCUT2D eigenvalue weighted by molar-refractivity contribution is 0.0714. The average molecular weight is 441 g/mol. The molecule has 1 aromatic carbocycles. The van der Waals surface area contributed by atoms with E-state index in [4.69, 9.17) is 25.7 Å². The number of furan rings is 1. The van der Waals surface area contributed by atoms with E-state index in [-0.39, 0.29) is 5.91 Å². The van der Waals surface area contributed by atoms with Crippen molar-refractivity contribution in [3.63, 3.8) is 0 Å². The predicted molar refractivity (Wildman–Crippen MR) is 119 cm³/mol. The molecule has 0 unspecified atom stereocenters. The maximum Gasteiger partial charge on any atom is 0.289 e. The molecule has 1 saturated heterocycles. The normalized spacial score (nSPS) is 14.2. The maximum atomic E-state index is 12.6. The number of nitrogens with zero attached hydrogens (tertiary/aromatic N) is 4. The van der Waals surface area contributed by atoms with Crippen LogP contribution in [0, 0.1) is 6.92 Å². The Bertz CT molecular complexity index is 1050. The number of benzene rings is 1. The number of aryl methyl sites for hydroxylation is 1. The molecule has 0 aliphatic carbocycles. The van der Waals surface area contributed by atoms with Gasteiger partial charge in [0.2, 0.25) is 0 Å². The standard InChI is InChI=1S/C23H25ClN4O3/c1-16-25-20(15-30-2)19(14-17-5-3-6-18(24)13-17)22(26-16)27-8-10-28(11-9-27)23(29)21-7-4-12-31-21/h3-7,12-13H,8-11,14-15H2,1-2H3. The fourth-order valence-electron chi connectivity index (χ4n) is 3.86. The molecule has 3 aromatic rings. The molecule has 162 valence electrons. The second-order valence-corrected chi connectivity index (χ2v) is 7.95. The van der Waals surface area contributed by atoms with Crippen molar-refractivity contribution in [1.29, 1.82) is 0 Å². The number of piperazine rings is 1. The summed E-state index contributed by atoms with van der Waals surface area (Å²) in [7, 11) is 1.67. The lowest BCUT2D eigenvalue weighted by atomic mass is 10.0. The lowest BCUT2D eigenvalue weighted by Gasteiger charge is -2.36. The first-order valence-electron chi connectivity index (χ1n) is 10.2. The summed E-state index contributed by atoms with van der Waals surface area (Å²) in [4.78, 5) is 26.1. The molecule has 2 aromatic heterocycles. The smallest absolute Gasteiger partial charge is 0.289 e. The van der Waals surface area contributed by atoms with Crippen molar-refractivity contribution in [2.45, 2.75) is 20.0 Å². The van der Waals surface area contributed by atoms with Gasteiger partial charge >= 0.3 is 0 Å². The van der Waals surface area contributed by atoms with E-state index in [1.54, 1.807) is 19.2 Å². The van der Waals surface area contributed by atoms with Crippen molar-refractivity contribution in [3.8, 4) is 0 Å². The highest BCUT2D eigenvalue weighted by atomic mass is 35.5. The molecule has 3 heterocycles. The summed E-state index contributed by atoms with van der Waals surface area (Å²) in [5, 5.41) is 0.699. The Labute approximate surface area is 186 Å². The van der Waals surface area contributed by atoms with Crippen molar-refractivity contribution >= 4 is 23.3 Å². The van der Waals surface area contributed by atoms with Crippen molar-refractivity contribution in [2.75, 3.05) is 38.2 Å². The molecule has 0 atom stereocenters. The monoisotopic (exact) mass is 440 g/mol. The van der Waals surface area contributed by atoms with E-state index >= 15 is 0 Å². The Kier molecular flexibility index (Phi) is 6.53. The Morgan fingerprint density at radius 3 is 2.65 bits per heavy atom. The maximum absolute atomic E-state index is 12.6. The largest absolute Gasteiger partial charge is 0.459 e. The van der Waals surface area contributed by atoms with Crippen LogP contribution < -0.4 is 4.90 Å². The van der Waals surface area contributed by atoms with Crippen LogP contribution in [-0.2, 0) is 17.8 Å². The molecule has 7 nitrogen and oxygen atoms in total. The van der Waals surface area contributed by atoms with Gasteiger partial charge in [-0.3, -0.25) is 4.79 Å². The van der Waals surface area contributed by atoms with E-state index in [9.17, 15) is 4.79 Å².